The summed E-state index contributed by atoms with van der Waals surface area (Å²) < 4.78 is 54.1. The van der Waals surface area contributed by atoms with E-state index in [2.05, 4.69) is 13.8 Å². The lowest BCUT2D eigenvalue weighted by atomic mass is 10.00. The highest BCUT2D eigenvalue weighted by Gasteiger charge is 2.46. The summed E-state index contributed by atoms with van der Waals surface area (Å²) in [5, 5.41) is 30.9. The summed E-state index contributed by atoms with van der Waals surface area (Å²) in [6.45, 7) is 3.79. The van der Waals surface area contributed by atoms with Crippen molar-refractivity contribution in [3.05, 3.63) is 0 Å². The van der Waals surface area contributed by atoms with Gasteiger partial charge in [-0.1, -0.05) is 194 Å². The van der Waals surface area contributed by atoms with Gasteiger partial charge in [0.25, 0.3) is 10.1 Å². The Morgan fingerprint density at radius 1 is 0.517 bits per heavy atom. The maximum Gasteiger partial charge on any atom is 0.306 e. The number of hydrogen-bond donors (Lipinski definition) is 4. The van der Waals surface area contributed by atoms with Gasteiger partial charge in [0, 0.05) is 12.8 Å². The smallest absolute Gasteiger partial charge is 0.306 e. The van der Waals surface area contributed by atoms with Crippen LogP contribution in [0.5, 0.6) is 0 Å². The van der Waals surface area contributed by atoms with Crippen LogP contribution in [0.4, 0.5) is 0 Å². The lowest BCUT2D eigenvalue weighted by Crippen LogP contribution is -2.60. The number of carbonyl (C=O) groups excluding carboxylic acids is 2. The molecule has 1 rings (SSSR count). The number of hydrogen-bond acceptors (Lipinski definition) is 11. The zero-order valence-electron chi connectivity index (χ0n) is 36.7. The van der Waals surface area contributed by atoms with Crippen LogP contribution in [0.15, 0.2) is 0 Å². The molecule has 1 heterocycles. The van der Waals surface area contributed by atoms with E-state index in [-0.39, 0.29) is 19.4 Å². The highest BCUT2D eigenvalue weighted by molar-refractivity contribution is 7.85. The Bertz CT molecular complexity index is 1090. The van der Waals surface area contributed by atoms with Crippen molar-refractivity contribution in [3.63, 3.8) is 0 Å². The van der Waals surface area contributed by atoms with Crippen molar-refractivity contribution in [1.82, 2.24) is 0 Å². The first kappa shape index (κ1) is 54.7. The van der Waals surface area contributed by atoms with Crippen molar-refractivity contribution in [1.29, 1.82) is 0 Å². The van der Waals surface area contributed by atoms with E-state index in [1.54, 1.807) is 0 Å². The minimum absolute atomic E-state index is 0.172. The van der Waals surface area contributed by atoms with Crippen LogP contribution < -0.4 is 0 Å². The van der Waals surface area contributed by atoms with E-state index in [0.29, 0.717) is 12.8 Å². The van der Waals surface area contributed by atoms with Crippen molar-refractivity contribution >= 4 is 22.1 Å². The lowest BCUT2D eigenvalue weighted by Gasteiger charge is -2.40. The fraction of sp³-hybridized carbons (Fsp3) is 0.956. The van der Waals surface area contributed by atoms with Gasteiger partial charge in [-0.3, -0.25) is 14.1 Å². The highest BCUT2D eigenvalue weighted by atomic mass is 32.2. The van der Waals surface area contributed by atoms with Gasteiger partial charge in [0.1, 0.15) is 36.8 Å². The van der Waals surface area contributed by atoms with E-state index in [4.69, 9.17) is 18.9 Å². The molecule has 6 atom stereocenters. The molecule has 1 saturated heterocycles. The average molecular weight is 851 g/mol. The molecule has 0 radical (unpaired) electrons. The predicted molar refractivity (Wildman–Crippen MR) is 229 cm³/mol. The molecule has 1 fully saturated rings. The van der Waals surface area contributed by atoms with Gasteiger partial charge in [0.15, 0.2) is 12.4 Å². The fourth-order valence-electron chi connectivity index (χ4n) is 7.50. The van der Waals surface area contributed by atoms with Crippen LogP contribution in [0.1, 0.15) is 219 Å². The van der Waals surface area contributed by atoms with Crippen LogP contribution >= 0.6 is 0 Å². The molecule has 0 aromatic heterocycles. The van der Waals surface area contributed by atoms with Crippen molar-refractivity contribution in [2.75, 3.05) is 19.0 Å². The van der Waals surface area contributed by atoms with E-state index in [1.165, 1.54) is 141 Å². The number of rotatable bonds is 40. The zero-order valence-corrected chi connectivity index (χ0v) is 37.5. The molecular formula is C45H86O12S. The van der Waals surface area contributed by atoms with Gasteiger partial charge in [-0.25, -0.2) is 0 Å². The van der Waals surface area contributed by atoms with Gasteiger partial charge >= 0.3 is 11.9 Å². The topological polar surface area (TPSA) is 186 Å². The molecule has 0 bridgehead atoms. The molecule has 0 spiro atoms. The highest BCUT2D eigenvalue weighted by Crippen LogP contribution is 2.24. The largest absolute Gasteiger partial charge is 0.462 e. The normalized spacial score (nSPS) is 20.3. The zero-order chi connectivity index (χ0) is 42.7. The third kappa shape index (κ3) is 30.6. The second-order valence-corrected chi connectivity index (χ2v) is 18.3. The van der Waals surface area contributed by atoms with Crippen molar-refractivity contribution in [3.8, 4) is 0 Å². The second-order valence-electron chi connectivity index (χ2n) is 16.8. The Hall–Kier alpha value is -1.35. The van der Waals surface area contributed by atoms with Crippen molar-refractivity contribution < 1.29 is 56.8 Å². The molecule has 12 nitrogen and oxygen atoms in total. The van der Waals surface area contributed by atoms with Crippen LogP contribution in [0, 0.1) is 0 Å². The molecule has 0 aromatic rings. The summed E-state index contributed by atoms with van der Waals surface area (Å²) in [5.41, 5.74) is 0. The van der Waals surface area contributed by atoms with Crippen LogP contribution in [-0.2, 0) is 38.7 Å². The van der Waals surface area contributed by atoms with Crippen molar-refractivity contribution in [2.45, 2.75) is 256 Å². The standard InChI is InChI=1S/C45H86O12S/c1-3-5-7-9-11-13-15-17-19-21-23-25-27-29-31-33-40(46)54-35-38(36-55-45-44(50)43(49)42(48)39(57-45)37-58(51,52)53)56-41(47)34-32-30-28-26-24-22-20-18-16-14-12-10-8-6-4-2/h38-39,42-45,48-50H,3-37H2,1-2H3,(H,51,52,53)/t38-,39-,42-,43?,44?,45+/m1/s1. The quantitative estimate of drug-likeness (QED) is 0.0260. The van der Waals surface area contributed by atoms with Crippen LogP contribution in [0.2, 0.25) is 0 Å². The van der Waals surface area contributed by atoms with Gasteiger partial charge in [0.2, 0.25) is 0 Å². The summed E-state index contributed by atoms with van der Waals surface area (Å²) in [6, 6.07) is 0. The Balaban J connectivity index is 2.41. The molecule has 0 aromatic carbocycles. The van der Waals surface area contributed by atoms with Gasteiger partial charge in [-0.05, 0) is 12.8 Å². The average Bonchev–Trinajstić information content (AvgIpc) is 3.18. The third-order valence-electron chi connectivity index (χ3n) is 11.2. The first-order chi connectivity index (χ1) is 28.0. The Labute approximate surface area is 353 Å². The molecule has 13 heteroatoms. The summed E-state index contributed by atoms with van der Waals surface area (Å²) >= 11 is 0. The molecule has 2 unspecified atom stereocenters. The first-order valence-corrected chi connectivity index (χ1v) is 25.2. The maximum atomic E-state index is 12.8. The Morgan fingerprint density at radius 3 is 1.26 bits per heavy atom. The molecule has 0 amide bonds. The molecule has 58 heavy (non-hydrogen) atoms. The number of aliphatic hydroxyl groups is 3. The summed E-state index contributed by atoms with van der Waals surface area (Å²) in [4.78, 5) is 25.4. The monoisotopic (exact) mass is 851 g/mol. The molecule has 1 aliphatic heterocycles. The first-order valence-electron chi connectivity index (χ1n) is 23.6. The summed E-state index contributed by atoms with van der Waals surface area (Å²) in [7, 11) is -4.60. The van der Waals surface area contributed by atoms with E-state index in [1.807, 2.05) is 0 Å². The predicted octanol–water partition coefficient (Wildman–Crippen LogP) is 9.68. The van der Waals surface area contributed by atoms with Gasteiger partial charge in [0.05, 0.1) is 6.61 Å². The molecule has 0 aliphatic carbocycles. The number of carbonyl (C=O) groups is 2. The Morgan fingerprint density at radius 2 is 0.879 bits per heavy atom. The molecule has 4 N–H and O–H groups in total. The summed E-state index contributed by atoms with van der Waals surface area (Å²) in [5.74, 6) is -1.96. The van der Waals surface area contributed by atoms with E-state index >= 15 is 0 Å². The Kier molecular flexibility index (Phi) is 34.2. The number of ether oxygens (including phenoxy) is 4. The minimum atomic E-state index is -4.60. The maximum absolute atomic E-state index is 12.8. The molecule has 1 aliphatic rings. The minimum Gasteiger partial charge on any atom is -0.462 e. The van der Waals surface area contributed by atoms with Crippen molar-refractivity contribution in [2.24, 2.45) is 0 Å². The summed E-state index contributed by atoms with van der Waals surface area (Å²) in [6.07, 6.45) is 27.1. The van der Waals surface area contributed by atoms with Gasteiger partial charge < -0.3 is 34.3 Å². The van der Waals surface area contributed by atoms with Gasteiger partial charge in [-0.15, -0.1) is 0 Å². The van der Waals surface area contributed by atoms with E-state index in [9.17, 15) is 37.9 Å². The third-order valence-corrected chi connectivity index (χ3v) is 11.9. The van der Waals surface area contributed by atoms with Crippen LogP contribution in [-0.4, -0.2) is 96.0 Å². The lowest BCUT2D eigenvalue weighted by molar-refractivity contribution is -0.297. The van der Waals surface area contributed by atoms with Crippen LogP contribution in [0.25, 0.3) is 0 Å². The molecule has 344 valence electrons. The van der Waals surface area contributed by atoms with E-state index < -0.39 is 71.2 Å². The number of aliphatic hydroxyl groups excluding tert-OH is 3. The van der Waals surface area contributed by atoms with E-state index in [0.717, 1.165) is 38.5 Å². The second kappa shape index (κ2) is 36.3. The van der Waals surface area contributed by atoms with Gasteiger partial charge in [-0.2, -0.15) is 8.42 Å². The SMILES string of the molecule is CCCCCCCCCCCCCCCCCC(=O)OC[C@H](CO[C@H]1O[C@H](CS(=O)(=O)O)[C@@H](O)C(O)C1O)OC(=O)CCCCCCCCCCCCCCCCC. The number of esters is 2. The molecular weight excluding hydrogens is 765 g/mol. The fourth-order valence-corrected chi connectivity index (χ4v) is 8.19. The molecule has 0 saturated carbocycles. The van der Waals surface area contributed by atoms with Crippen LogP contribution in [0.3, 0.4) is 0 Å². The number of unbranched alkanes of at least 4 members (excludes halogenated alkanes) is 28.